The molecule has 116 valence electrons. The topological polar surface area (TPSA) is 73.6 Å². The average molecular weight is 315 g/mol. The molecule has 21 heavy (non-hydrogen) atoms. The molecule has 0 spiro atoms. The summed E-state index contributed by atoms with van der Waals surface area (Å²) in [5.74, 6) is 0.227. The largest absolute Gasteiger partial charge is 0.481 e. The molecular weight excluding hydrogens is 296 g/mol. The molecule has 1 aromatic carbocycles. The van der Waals surface area contributed by atoms with E-state index in [-0.39, 0.29) is 29.7 Å². The Balaban J connectivity index is 2.04. The maximum atomic E-state index is 11.0. The van der Waals surface area contributed by atoms with Crippen LogP contribution in [0.1, 0.15) is 19.8 Å². The Hall–Kier alpha value is -1.37. The summed E-state index contributed by atoms with van der Waals surface area (Å²) in [7, 11) is 1.62. The number of nitro benzene ring substituents is 1. The molecule has 1 fully saturated rings. The number of benzene rings is 1. The van der Waals surface area contributed by atoms with Gasteiger partial charge in [0.15, 0.2) is 5.75 Å². The van der Waals surface area contributed by atoms with Gasteiger partial charge in [-0.3, -0.25) is 10.1 Å². The van der Waals surface area contributed by atoms with Crippen molar-refractivity contribution in [2.45, 2.75) is 38.0 Å². The lowest BCUT2D eigenvalue weighted by molar-refractivity contribution is -0.386. The molecule has 0 bridgehead atoms. The molecule has 0 aromatic heterocycles. The lowest BCUT2D eigenvalue weighted by Gasteiger charge is -2.43. The summed E-state index contributed by atoms with van der Waals surface area (Å²) in [5, 5.41) is 14.7. The van der Waals surface area contributed by atoms with Gasteiger partial charge in [0.25, 0.3) is 0 Å². The van der Waals surface area contributed by atoms with E-state index in [1.165, 1.54) is 12.1 Å². The van der Waals surface area contributed by atoms with Crippen LogP contribution >= 0.6 is 11.6 Å². The highest BCUT2D eigenvalue weighted by atomic mass is 35.5. The van der Waals surface area contributed by atoms with Crippen molar-refractivity contribution in [3.63, 3.8) is 0 Å². The Morgan fingerprint density at radius 3 is 2.90 bits per heavy atom. The summed E-state index contributed by atoms with van der Waals surface area (Å²) in [5.41, 5.74) is -0.123. The molecule has 3 unspecified atom stereocenters. The fraction of sp³-hybridized carbons (Fsp3) is 0.571. The van der Waals surface area contributed by atoms with Gasteiger partial charge in [-0.15, -0.1) is 0 Å². The van der Waals surface area contributed by atoms with E-state index in [9.17, 15) is 10.1 Å². The summed E-state index contributed by atoms with van der Waals surface area (Å²) >= 11 is 5.79. The van der Waals surface area contributed by atoms with E-state index in [2.05, 4.69) is 12.2 Å². The molecule has 7 heteroatoms. The highest BCUT2D eigenvalue weighted by Crippen LogP contribution is 2.35. The predicted octanol–water partition coefficient (Wildman–Crippen LogP) is 2.78. The first-order valence-electron chi connectivity index (χ1n) is 6.93. The number of nitro groups is 1. The molecular formula is C14H19ClN2O4. The second kappa shape index (κ2) is 7.06. The van der Waals surface area contributed by atoms with Crippen molar-refractivity contribution in [1.29, 1.82) is 0 Å². The van der Waals surface area contributed by atoms with Crippen LogP contribution in [0.25, 0.3) is 0 Å². The molecule has 1 saturated carbocycles. The zero-order valence-electron chi connectivity index (χ0n) is 12.0. The highest BCUT2D eigenvalue weighted by molar-refractivity contribution is 6.30. The van der Waals surface area contributed by atoms with Crippen LogP contribution in [0.4, 0.5) is 5.69 Å². The van der Waals surface area contributed by atoms with Crippen molar-refractivity contribution in [2.75, 3.05) is 13.7 Å². The van der Waals surface area contributed by atoms with Gasteiger partial charge in [0.1, 0.15) is 12.2 Å². The third-order valence-electron chi connectivity index (χ3n) is 3.57. The smallest absolute Gasteiger partial charge is 0.312 e. The van der Waals surface area contributed by atoms with Gasteiger partial charge in [0.05, 0.1) is 4.92 Å². The quantitative estimate of drug-likeness (QED) is 0.619. The monoisotopic (exact) mass is 314 g/mol. The first kappa shape index (κ1) is 16.0. The number of hydrogen-bond donors (Lipinski definition) is 1. The Labute approximate surface area is 128 Å². The van der Waals surface area contributed by atoms with Gasteiger partial charge < -0.3 is 14.8 Å². The molecule has 3 atom stereocenters. The van der Waals surface area contributed by atoms with E-state index in [4.69, 9.17) is 21.1 Å². The van der Waals surface area contributed by atoms with Gasteiger partial charge in [0, 0.05) is 30.7 Å². The van der Waals surface area contributed by atoms with Crippen LogP contribution in [0.15, 0.2) is 18.2 Å². The van der Waals surface area contributed by atoms with Crippen LogP contribution in [0, 0.1) is 10.1 Å². The van der Waals surface area contributed by atoms with Crippen LogP contribution in [-0.2, 0) is 4.74 Å². The van der Waals surface area contributed by atoms with Crippen LogP contribution in [0.5, 0.6) is 5.75 Å². The molecule has 1 aromatic rings. The van der Waals surface area contributed by atoms with E-state index in [0.29, 0.717) is 5.02 Å². The summed E-state index contributed by atoms with van der Waals surface area (Å²) in [6.45, 7) is 3.01. The number of ether oxygens (including phenoxy) is 2. The Morgan fingerprint density at radius 2 is 2.29 bits per heavy atom. The SMILES string of the molecule is CCCNC1CC(Oc2ccc(Cl)cc2[N+](=O)[O-])C1OC. The molecule has 1 N–H and O–H groups in total. The minimum atomic E-state index is -0.492. The Bertz CT molecular complexity index is 512. The van der Waals surface area contributed by atoms with Crippen molar-refractivity contribution >= 4 is 17.3 Å². The minimum absolute atomic E-state index is 0.105. The predicted molar refractivity (Wildman–Crippen MR) is 80.0 cm³/mol. The fourth-order valence-electron chi connectivity index (χ4n) is 2.44. The lowest BCUT2D eigenvalue weighted by atomic mass is 9.85. The van der Waals surface area contributed by atoms with Crippen LogP contribution in [-0.4, -0.2) is 36.8 Å². The van der Waals surface area contributed by atoms with Crippen molar-refractivity contribution in [1.82, 2.24) is 5.32 Å². The van der Waals surface area contributed by atoms with Gasteiger partial charge in [-0.25, -0.2) is 0 Å². The van der Waals surface area contributed by atoms with Gasteiger partial charge >= 0.3 is 5.69 Å². The van der Waals surface area contributed by atoms with Crippen LogP contribution in [0.2, 0.25) is 5.02 Å². The van der Waals surface area contributed by atoms with Crippen molar-refractivity contribution < 1.29 is 14.4 Å². The average Bonchev–Trinajstić information content (AvgIpc) is 2.43. The zero-order chi connectivity index (χ0) is 15.4. The van der Waals surface area contributed by atoms with E-state index in [1.54, 1.807) is 13.2 Å². The van der Waals surface area contributed by atoms with Crippen molar-refractivity contribution in [3.8, 4) is 5.75 Å². The van der Waals surface area contributed by atoms with Gasteiger partial charge in [-0.1, -0.05) is 18.5 Å². The van der Waals surface area contributed by atoms with Gasteiger partial charge in [-0.05, 0) is 25.1 Å². The molecule has 1 aliphatic carbocycles. The third-order valence-corrected chi connectivity index (χ3v) is 3.81. The van der Waals surface area contributed by atoms with E-state index < -0.39 is 4.92 Å². The molecule has 0 heterocycles. The Morgan fingerprint density at radius 1 is 1.52 bits per heavy atom. The van der Waals surface area contributed by atoms with E-state index >= 15 is 0 Å². The molecule has 2 rings (SSSR count). The fourth-order valence-corrected chi connectivity index (χ4v) is 2.60. The molecule has 0 amide bonds. The number of methoxy groups -OCH3 is 1. The summed E-state index contributed by atoms with van der Waals surface area (Å²) in [4.78, 5) is 10.6. The molecule has 0 aliphatic heterocycles. The maximum absolute atomic E-state index is 11.0. The second-order valence-corrected chi connectivity index (χ2v) is 5.46. The summed E-state index contributed by atoms with van der Waals surface area (Å²) < 4.78 is 11.2. The molecule has 0 radical (unpaired) electrons. The zero-order valence-corrected chi connectivity index (χ0v) is 12.8. The minimum Gasteiger partial charge on any atom is -0.481 e. The van der Waals surface area contributed by atoms with Crippen LogP contribution < -0.4 is 10.1 Å². The normalized spacial score (nSPS) is 24.4. The van der Waals surface area contributed by atoms with Gasteiger partial charge in [0.2, 0.25) is 0 Å². The number of rotatable bonds is 7. The van der Waals surface area contributed by atoms with Gasteiger partial charge in [-0.2, -0.15) is 0 Å². The van der Waals surface area contributed by atoms with Crippen LogP contribution in [0.3, 0.4) is 0 Å². The van der Waals surface area contributed by atoms with E-state index in [1.807, 2.05) is 0 Å². The molecule has 1 aliphatic rings. The standard InChI is InChI=1S/C14H19ClN2O4/c1-3-6-16-10-8-13(14(10)20-2)21-12-5-4-9(15)7-11(12)17(18)19/h4-5,7,10,13-14,16H,3,6,8H2,1-2H3. The maximum Gasteiger partial charge on any atom is 0.312 e. The summed E-state index contributed by atoms with van der Waals surface area (Å²) in [6, 6.07) is 4.63. The lowest BCUT2D eigenvalue weighted by Crippen LogP contribution is -2.61. The first-order valence-corrected chi connectivity index (χ1v) is 7.31. The number of nitrogens with one attached hydrogen (secondary N) is 1. The number of halogens is 1. The van der Waals surface area contributed by atoms with E-state index in [0.717, 1.165) is 19.4 Å². The number of hydrogen-bond acceptors (Lipinski definition) is 5. The third kappa shape index (κ3) is 3.64. The number of nitrogens with zero attached hydrogens (tertiary/aromatic N) is 1. The Kier molecular flexibility index (Phi) is 5.39. The molecule has 6 nitrogen and oxygen atoms in total. The van der Waals surface area contributed by atoms with Crippen molar-refractivity contribution in [3.05, 3.63) is 33.3 Å². The van der Waals surface area contributed by atoms with Crippen molar-refractivity contribution in [2.24, 2.45) is 0 Å². The second-order valence-electron chi connectivity index (χ2n) is 5.02. The molecule has 0 saturated heterocycles. The summed E-state index contributed by atoms with van der Waals surface area (Å²) in [6.07, 6.45) is 1.51. The first-order chi connectivity index (χ1) is 10.1. The highest BCUT2D eigenvalue weighted by Gasteiger charge is 2.43.